The van der Waals surface area contributed by atoms with E-state index in [1.165, 1.54) is 6.42 Å². The second kappa shape index (κ2) is 8.60. The Bertz CT molecular complexity index is 892. The standard InChI is InChI=1S/C24H27N3O2/c1-18-25-23(27-29-18)24(15-9-4-10-16-24)26-22(28)17-21(19-11-5-2-6-12-19)20-13-7-3-8-14-20/h2-3,5-8,11-14,21H,4,9-10,15-17H2,1H3,(H,26,28). The predicted molar refractivity (Wildman–Crippen MR) is 111 cm³/mol. The maximum Gasteiger partial charge on any atom is 0.223 e. The van der Waals surface area contributed by atoms with Crippen LogP contribution in [0.15, 0.2) is 65.2 Å². The Kier molecular flexibility index (Phi) is 5.74. The highest BCUT2D eigenvalue weighted by atomic mass is 16.5. The molecule has 1 aromatic heterocycles. The van der Waals surface area contributed by atoms with E-state index in [4.69, 9.17) is 4.52 Å². The summed E-state index contributed by atoms with van der Waals surface area (Å²) in [5, 5.41) is 7.47. The molecular weight excluding hydrogens is 362 g/mol. The number of hydrogen-bond donors (Lipinski definition) is 1. The molecule has 1 aliphatic carbocycles. The highest BCUT2D eigenvalue weighted by Crippen LogP contribution is 2.36. The largest absolute Gasteiger partial charge is 0.343 e. The van der Waals surface area contributed by atoms with Crippen LogP contribution in [0.5, 0.6) is 0 Å². The van der Waals surface area contributed by atoms with Gasteiger partial charge in [0.2, 0.25) is 11.8 Å². The van der Waals surface area contributed by atoms with Crippen molar-refractivity contribution in [1.29, 1.82) is 0 Å². The number of carbonyl (C=O) groups excluding carboxylic acids is 1. The number of rotatable bonds is 6. The highest BCUT2D eigenvalue weighted by molar-refractivity contribution is 5.78. The van der Waals surface area contributed by atoms with Crippen LogP contribution in [0.25, 0.3) is 0 Å². The number of hydrogen-bond acceptors (Lipinski definition) is 4. The average Bonchev–Trinajstić information content (AvgIpc) is 3.21. The van der Waals surface area contributed by atoms with Crippen molar-refractivity contribution in [3.05, 3.63) is 83.5 Å². The number of carbonyl (C=O) groups is 1. The molecule has 3 aromatic rings. The summed E-state index contributed by atoms with van der Waals surface area (Å²) in [5.74, 6) is 1.17. The molecule has 1 amide bonds. The Morgan fingerprint density at radius 3 is 2.10 bits per heavy atom. The van der Waals surface area contributed by atoms with Gasteiger partial charge in [0.15, 0.2) is 5.82 Å². The van der Waals surface area contributed by atoms with Crippen LogP contribution < -0.4 is 5.32 Å². The molecule has 0 saturated heterocycles. The molecule has 1 heterocycles. The van der Waals surface area contributed by atoms with E-state index < -0.39 is 5.54 Å². The van der Waals surface area contributed by atoms with Gasteiger partial charge in [-0.3, -0.25) is 4.79 Å². The van der Waals surface area contributed by atoms with Crippen molar-refractivity contribution in [3.63, 3.8) is 0 Å². The van der Waals surface area contributed by atoms with Crippen molar-refractivity contribution in [2.75, 3.05) is 0 Å². The summed E-state index contributed by atoms with van der Waals surface area (Å²) in [6.07, 6.45) is 5.35. The fourth-order valence-corrected chi connectivity index (χ4v) is 4.36. The maximum atomic E-state index is 13.3. The van der Waals surface area contributed by atoms with Crippen LogP contribution in [0.2, 0.25) is 0 Å². The van der Waals surface area contributed by atoms with Gasteiger partial charge in [-0.2, -0.15) is 4.98 Å². The van der Waals surface area contributed by atoms with Gasteiger partial charge in [-0.15, -0.1) is 0 Å². The smallest absolute Gasteiger partial charge is 0.223 e. The van der Waals surface area contributed by atoms with Crippen molar-refractivity contribution in [2.24, 2.45) is 0 Å². The average molecular weight is 389 g/mol. The number of aromatic nitrogens is 2. The lowest BCUT2D eigenvalue weighted by Gasteiger charge is -2.35. The second-order valence-corrected chi connectivity index (χ2v) is 7.91. The molecule has 4 rings (SSSR count). The second-order valence-electron chi connectivity index (χ2n) is 7.91. The Balaban J connectivity index is 1.58. The molecule has 5 heteroatoms. The summed E-state index contributed by atoms with van der Waals surface area (Å²) in [4.78, 5) is 17.7. The monoisotopic (exact) mass is 389 g/mol. The van der Waals surface area contributed by atoms with Crippen LogP contribution in [-0.4, -0.2) is 16.0 Å². The van der Waals surface area contributed by atoms with E-state index in [-0.39, 0.29) is 11.8 Å². The lowest BCUT2D eigenvalue weighted by molar-refractivity contribution is -0.124. The van der Waals surface area contributed by atoms with Crippen LogP contribution in [0.1, 0.15) is 67.3 Å². The molecule has 1 N–H and O–H groups in total. The molecule has 1 aliphatic rings. The molecule has 0 spiro atoms. The summed E-state index contributed by atoms with van der Waals surface area (Å²) >= 11 is 0. The van der Waals surface area contributed by atoms with Crippen molar-refractivity contribution < 1.29 is 9.32 Å². The fraction of sp³-hybridized carbons (Fsp3) is 0.375. The molecule has 5 nitrogen and oxygen atoms in total. The summed E-state index contributed by atoms with van der Waals surface area (Å²) < 4.78 is 5.23. The summed E-state index contributed by atoms with van der Waals surface area (Å²) in [6.45, 7) is 1.79. The van der Waals surface area contributed by atoms with Gasteiger partial charge in [0.1, 0.15) is 5.54 Å². The van der Waals surface area contributed by atoms with E-state index in [1.54, 1.807) is 6.92 Å². The molecule has 1 fully saturated rings. The number of amides is 1. The van der Waals surface area contributed by atoms with Gasteiger partial charge in [-0.05, 0) is 24.0 Å². The van der Waals surface area contributed by atoms with Crippen molar-refractivity contribution in [1.82, 2.24) is 15.5 Å². The summed E-state index contributed by atoms with van der Waals surface area (Å²) in [6, 6.07) is 20.4. The van der Waals surface area contributed by atoms with Gasteiger partial charge in [-0.1, -0.05) is 85.1 Å². The van der Waals surface area contributed by atoms with Gasteiger partial charge in [-0.25, -0.2) is 0 Å². The number of benzene rings is 2. The first-order chi connectivity index (χ1) is 14.2. The lowest BCUT2D eigenvalue weighted by atomic mass is 9.80. The van der Waals surface area contributed by atoms with Crippen molar-refractivity contribution >= 4 is 5.91 Å². The van der Waals surface area contributed by atoms with E-state index in [9.17, 15) is 4.79 Å². The molecule has 0 bridgehead atoms. The van der Waals surface area contributed by atoms with Crippen molar-refractivity contribution in [2.45, 2.75) is 56.9 Å². The Labute approximate surface area is 171 Å². The number of nitrogens with zero attached hydrogens (tertiary/aromatic N) is 2. The van der Waals surface area contributed by atoms with Crippen LogP contribution in [0.3, 0.4) is 0 Å². The molecule has 2 aromatic carbocycles. The van der Waals surface area contributed by atoms with E-state index in [0.717, 1.165) is 36.8 Å². The molecule has 0 unspecified atom stereocenters. The minimum atomic E-state index is -0.523. The molecule has 0 aliphatic heterocycles. The normalized spacial score (nSPS) is 15.9. The van der Waals surface area contributed by atoms with Crippen LogP contribution >= 0.6 is 0 Å². The Morgan fingerprint density at radius 2 is 1.59 bits per heavy atom. The molecule has 1 saturated carbocycles. The molecule has 0 radical (unpaired) electrons. The third kappa shape index (κ3) is 4.39. The van der Waals surface area contributed by atoms with Crippen LogP contribution in [0, 0.1) is 6.92 Å². The van der Waals surface area contributed by atoms with E-state index in [2.05, 4.69) is 39.7 Å². The first-order valence-corrected chi connectivity index (χ1v) is 10.4. The lowest BCUT2D eigenvalue weighted by Crippen LogP contribution is -2.48. The van der Waals surface area contributed by atoms with Gasteiger partial charge in [0, 0.05) is 19.3 Å². The molecule has 150 valence electrons. The van der Waals surface area contributed by atoms with E-state index in [1.807, 2.05) is 36.4 Å². The summed E-state index contributed by atoms with van der Waals surface area (Å²) in [5.41, 5.74) is 1.76. The van der Waals surface area contributed by atoms with Crippen molar-refractivity contribution in [3.8, 4) is 0 Å². The highest BCUT2D eigenvalue weighted by Gasteiger charge is 2.40. The van der Waals surface area contributed by atoms with Gasteiger partial charge in [0.25, 0.3) is 0 Å². The Hall–Kier alpha value is -2.95. The maximum absolute atomic E-state index is 13.3. The SMILES string of the molecule is Cc1nc(C2(NC(=O)CC(c3ccccc3)c3ccccc3)CCCCC2)no1. The number of nitrogens with one attached hydrogen (secondary N) is 1. The Morgan fingerprint density at radius 1 is 1.00 bits per heavy atom. The summed E-state index contributed by atoms with van der Waals surface area (Å²) in [7, 11) is 0. The van der Waals surface area contributed by atoms with Gasteiger partial charge in [0.05, 0.1) is 0 Å². The third-order valence-corrected chi connectivity index (χ3v) is 5.83. The third-order valence-electron chi connectivity index (χ3n) is 5.83. The minimum absolute atomic E-state index is 0.00467. The molecule has 29 heavy (non-hydrogen) atoms. The zero-order valence-electron chi connectivity index (χ0n) is 16.8. The van der Waals surface area contributed by atoms with Crippen LogP contribution in [-0.2, 0) is 10.3 Å². The topological polar surface area (TPSA) is 68.0 Å². The van der Waals surface area contributed by atoms with E-state index >= 15 is 0 Å². The first kappa shape index (κ1) is 19.4. The van der Waals surface area contributed by atoms with Gasteiger partial charge >= 0.3 is 0 Å². The minimum Gasteiger partial charge on any atom is -0.343 e. The first-order valence-electron chi connectivity index (χ1n) is 10.4. The molecule has 0 atom stereocenters. The zero-order valence-corrected chi connectivity index (χ0v) is 16.8. The van der Waals surface area contributed by atoms with Crippen LogP contribution in [0.4, 0.5) is 0 Å². The molecular formula is C24H27N3O2. The zero-order chi connectivity index (χ0) is 20.1. The quantitative estimate of drug-likeness (QED) is 0.653. The van der Waals surface area contributed by atoms with Gasteiger partial charge < -0.3 is 9.84 Å². The van der Waals surface area contributed by atoms with E-state index in [0.29, 0.717) is 18.1 Å². The fourth-order valence-electron chi connectivity index (χ4n) is 4.36. The number of aryl methyl sites for hydroxylation is 1. The predicted octanol–water partition coefficient (Wildman–Crippen LogP) is 4.88.